The molecule has 202 valence electrons. The lowest BCUT2D eigenvalue weighted by atomic mass is 9.65. The highest BCUT2D eigenvalue weighted by molar-refractivity contribution is 6.22. The predicted molar refractivity (Wildman–Crippen MR) is 141 cm³/mol. The van der Waals surface area contributed by atoms with Crippen molar-refractivity contribution in [1.29, 1.82) is 5.26 Å². The molecular weight excluding hydrogens is 511 g/mol. The molecule has 10 heteroatoms. The number of aldehydes is 1. The molecule has 2 saturated heterocycles. The van der Waals surface area contributed by atoms with Crippen LogP contribution in [0.3, 0.4) is 0 Å². The van der Waals surface area contributed by atoms with E-state index in [0.717, 1.165) is 48.8 Å². The molecule has 2 heterocycles. The topological polar surface area (TPSA) is 105 Å². The first kappa shape index (κ1) is 28.0. The van der Waals surface area contributed by atoms with Crippen LogP contribution in [0.4, 0.5) is 10.1 Å². The third kappa shape index (κ3) is 5.83. The quantitative estimate of drug-likeness (QED) is 0.463. The standard InChI is InChI=1S/C22H19ClFN3O3.C6H13NO/c23-17-4-1-14(2-5-17)11-27-20(29)12-26(19-6-3-15(10-25)7-18(19)24)21(30)22(27)8-16(9-22)13-28;1-7-4-2-6(8)3-5-7/h1-4,6-7,13,16-17H,5,8-9,11-12H2;6,8H,2-5H2,1H3. The third-order valence-electron chi connectivity index (χ3n) is 7.67. The second kappa shape index (κ2) is 11.8. The van der Waals surface area contributed by atoms with Gasteiger partial charge in [-0.3, -0.25) is 14.5 Å². The summed E-state index contributed by atoms with van der Waals surface area (Å²) >= 11 is 6.07. The fourth-order valence-corrected chi connectivity index (χ4v) is 5.52. The summed E-state index contributed by atoms with van der Waals surface area (Å²) < 4.78 is 14.6. The molecule has 1 spiro atoms. The number of amides is 2. The molecule has 4 aliphatic rings. The highest BCUT2D eigenvalue weighted by Gasteiger charge is 2.60. The van der Waals surface area contributed by atoms with E-state index in [1.165, 1.54) is 17.0 Å². The van der Waals surface area contributed by atoms with Crippen molar-refractivity contribution in [1.82, 2.24) is 9.80 Å². The van der Waals surface area contributed by atoms with Crippen LogP contribution in [0.25, 0.3) is 0 Å². The molecular formula is C28H32ClFN4O4. The van der Waals surface area contributed by atoms with Crippen molar-refractivity contribution >= 4 is 35.4 Å². The van der Waals surface area contributed by atoms with E-state index in [-0.39, 0.29) is 60.5 Å². The highest BCUT2D eigenvalue weighted by Crippen LogP contribution is 2.46. The number of anilines is 1. The van der Waals surface area contributed by atoms with Gasteiger partial charge in [0.2, 0.25) is 5.91 Å². The molecule has 2 aliphatic carbocycles. The number of carbonyl (C=O) groups is 3. The van der Waals surface area contributed by atoms with Gasteiger partial charge in [0.25, 0.3) is 5.91 Å². The summed E-state index contributed by atoms with van der Waals surface area (Å²) in [6.45, 7) is 2.05. The number of aliphatic hydroxyl groups is 1. The zero-order chi connectivity index (χ0) is 27.4. The lowest BCUT2D eigenvalue weighted by Crippen LogP contribution is -2.73. The average Bonchev–Trinajstić information content (AvgIpc) is 2.88. The fourth-order valence-electron chi connectivity index (χ4n) is 5.36. The van der Waals surface area contributed by atoms with E-state index >= 15 is 0 Å². The van der Waals surface area contributed by atoms with Gasteiger partial charge in [-0.1, -0.05) is 18.2 Å². The molecule has 1 atom stereocenters. The van der Waals surface area contributed by atoms with Gasteiger partial charge in [-0.15, -0.1) is 11.6 Å². The largest absolute Gasteiger partial charge is 0.393 e. The molecule has 2 aliphatic heterocycles. The normalized spacial score (nSPS) is 27.8. The first-order valence-corrected chi connectivity index (χ1v) is 13.3. The van der Waals surface area contributed by atoms with E-state index in [1.807, 2.05) is 24.3 Å². The molecule has 2 amide bonds. The zero-order valence-electron chi connectivity index (χ0n) is 21.4. The Morgan fingerprint density at radius 3 is 2.53 bits per heavy atom. The summed E-state index contributed by atoms with van der Waals surface area (Å²) in [6, 6.07) is 5.63. The number of allylic oxidation sites excluding steroid dienone is 2. The summed E-state index contributed by atoms with van der Waals surface area (Å²) in [6.07, 6.45) is 9.36. The zero-order valence-corrected chi connectivity index (χ0v) is 22.1. The Labute approximate surface area is 226 Å². The van der Waals surface area contributed by atoms with Crippen LogP contribution in [0.15, 0.2) is 42.0 Å². The van der Waals surface area contributed by atoms with Crippen LogP contribution in [-0.2, 0) is 14.4 Å². The maximum atomic E-state index is 14.6. The number of hydrogen-bond acceptors (Lipinski definition) is 6. The van der Waals surface area contributed by atoms with Crippen LogP contribution in [0.1, 0.15) is 37.7 Å². The maximum absolute atomic E-state index is 14.6. The number of piperidine rings is 1. The SMILES string of the molecule is CN1CCC(O)CC1.N#Cc1ccc(N2CC(=O)N(CC3=CCC(Cl)C=C3)C3(CC(C=O)C3)C2=O)c(F)c1. The number of hydrogen-bond donors (Lipinski definition) is 1. The van der Waals surface area contributed by atoms with E-state index < -0.39 is 17.3 Å². The summed E-state index contributed by atoms with van der Waals surface area (Å²) in [5, 5.41) is 17.8. The van der Waals surface area contributed by atoms with Crippen molar-refractivity contribution in [3.8, 4) is 6.07 Å². The van der Waals surface area contributed by atoms with E-state index in [4.69, 9.17) is 22.0 Å². The molecule has 38 heavy (non-hydrogen) atoms. The molecule has 1 aromatic carbocycles. The minimum atomic E-state index is -1.17. The highest BCUT2D eigenvalue weighted by atomic mass is 35.5. The number of nitriles is 1. The van der Waals surface area contributed by atoms with Gasteiger partial charge in [0.1, 0.15) is 24.2 Å². The van der Waals surface area contributed by atoms with Gasteiger partial charge in [0.15, 0.2) is 0 Å². The fraction of sp³-hybridized carbons (Fsp3) is 0.500. The van der Waals surface area contributed by atoms with Crippen molar-refractivity contribution < 1.29 is 23.9 Å². The van der Waals surface area contributed by atoms with Crippen LogP contribution in [0.5, 0.6) is 0 Å². The minimum absolute atomic E-state index is 0.0220. The number of likely N-dealkylation sites (tertiary alicyclic amines) is 1. The van der Waals surface area contributed by atoms with Crippen LogP contribution in [0.2, 0.25) is 0 Å². The van der Waals surface area contributed by atoms with Gasteiger partial charge in [-0.25, -0.2) is 4.39 Å². The number of nitrogens with zero attached hydrogens (tertiary/aromatic N) is 4. The van der Waals surface area contributed by atoms with Gasteiger partial charge in [0, 0.05) is 25.6 Å². The molecule has 1 N–H and O–H groups in total. The first-order chi connectivity index (χ1) is 18.2. The maximum Gasteiger partial charge on any atom is 0.253 e. The molecule has 8 nitrogen and oxygen atoms in total. The lowest BCUT2D eigenvalue weighted by molar-refractivity contribution is -0.160. The van der Waals surface area contributed by atoms with E-state index in [2.05, 4.69) is 11.9 Å². The van der Waals surface area contributed by atoms with Crippen molar-refractivity contribution in [2.24, 2.45) is 5.92 Å². The minimum Gasteiger partial charge on any atom is -0.393 e. The molecule has 1 aromatic rings. The van der Waals surface area contributed by atoms with Crippen molar-refractivity contribution in [2.45, 2.75) is 49.1 Å². The summed E-state index contributed by atoms with van der Waals surface area (Å²) in [5.41, 5.74) is -0.211. The van der Waals surface area contributed by atoms with Crippen molar-refractivity contribution in [3.05, 3.63) is 53.4 Å². The summed E-state index contributed by atoms with van der Waals surface area (Å²) in [7, 11) is 2.09. The second-order valence-corrected chi connectivity index (χ2v) is 11.0. The second-order valence-electron chi connectivity index (χ2n) is 10.4. The average molecular weight is 543 g/mol. The van der Waals surface area contributed by atoms with Crippen LogP contribution < -0.4 is 4.90 Å². The number of alkyl halides is 1. The van der Waals surface area contributed by atoms with E-state index in [1.54, 1.807) is 0 Å². The molecule has 3 fully saturated rings. The van der Waals surface area contributed by atoms with Crippen molar-refractivity contribution in [2.75, 3.05) is 38.1 Å². The predicted octanol–water partition coefficient (Wildman–Crippen LogP) is 2.79. The molecule has 5 rings (SSSR count). The summed E-state index contributed by atoms with van der Waals surface area (Å²) in [4.78, 5) is 42.7. The Balaban J connectivity index is 0.000000360. The van der Waals surface area contributed by atoms with Gasteiger partial charge < -0.3 is 19.7 Å². The lowest BCUT2D eigenvalue weighted by Gasteiger charge is -2.56. The number of benzene rings is 1. The Morgan fingerprint density at radius 2 is 1.97 bits per heavy atom. The van der Waals surface area contributed by atoms with Crippen LogP contribution in [0, 0.1) is 23.1 Å². The number of halogens is 2. The van der Waals surface area contributed by atoms with Gasteiger partial charge in [0.05, 0.1) is 28.8 Å². The molecule has 1 saturated carbocycles. The van der Waals surface area contributed by atoms with E-state index in [0.29, 0.717) is 6.42 Å². The van der Waals surface area contributed by atoms with Crippen molar-refractivity contribution in [3.63, 3.8) is 0 Å². The Morgan fingerprint density at radius 1 is 1.26 bits per heavy atom. The molecule has 0 aromatic heterocycles. The summed E-state index contributed by atoms with van der Waals surface area (Å²) in [5.74, 6) is -1.78. The Bertz CT molecular complexity index is 1170. The smallest absolute Gasteiger partial charge is 0.253 e. The van der Waals surface area contributed by atoms with Crippen LogP contribution >= 0.6 is 11.6 Å². The number of rotatable bonds is 4. The number of aliphatic hydroxyl groups excluding tert-OH is 1. The van der Waals surface area contributed by atoms with E-state index in [9.17, 15) is 18.8 Å². The number of piperazine rings is 1. The Kier molecular flexibility index (Phi) is 8.66. The molecule has 1 unspecified atom stereocenters. The Hall–Kier alpha value is -3.06. The third-order valence-corrected chi connectivity index (χ3v) is 7.99. The van der Waals surface area contributed by atoms with Gasteiger partial charge >= 0.3 is 0 Å². The number of carbonyl (C=O) groups excluding carboxylic acids is 3. The van der Waals surface area contributed by atoms with Crippen LogP contribution in [-0.4, -0.2) is 83.3 Å². The molecule has 0 radical (unpaired) electrons. The molecule has 0 bridgehead atoms. The van der Waals surface area contributed by atoms with Gasteiger partial charge in [-0.05, 0) is 62.9 Å². The first-order valence-electron chi connectivity index (χ1n) is 12.8. The monoisotopic (exact) mass is 542 g/mol. The van der Waals surface area contributed by atoms with Gasteiger partial charge in [-0.2, -0.15) is 5.26 Å².